The van der Waals surface area contributed by atoms with Crippen LogP contribution in [-0.2, 0) is 16.0 Å². The van der Waals surface area contributed by atoms with E-state index in [0.717, 1.165) is 23.3 Å². The lowest BCUT2D eigenvalue weighted by atomic mass is 9.93. The van der Waals surface area contributed by atoms with E-state index in [1.54, 1.807) is 0 Å². The minimum Gasteiger partial charge on any atom is -0.447 e. The van der Waals surface area contributed by atoms with Crippen LogP contribution < -0.4 is 0 Å². The third-order valence-corrected chi connectivity index (χ3v) is 7.90. The Bertz CT molecular complexity index is 693. The van der Waals surface area contributed by atoms with Crippen molar-refractivity contribution in [3.05, 3.63) is 35.9 Å². The molecule has 1 heterocycles. The van der Waals surface area contributed by atoms with E-state index in [-0.39, 0.29) is 11.9 Å². The van der Waals surface area contributed by atoms with Gasteiger partial charge in [-0.1, -0.05) is 46.3 Å². The summed E-state index contributed by atoms with van der Waals surface area (Å²) in [5.74, 6) is 3.39. The summed E-state index contributed by atoms with van der Waals surface area (Å²) in [4.78, 5) is 27.0. The molecule has 4 bridgehead atoms. The molecule has 24 heavy (non-hydrogen) atoms. The van der Waals surface area contributed by atoms with Crippen molar-refractivity contribution in [2.75, 3.05) is 6.61 Å². The molecule has 1 aromatic carbocycles. The Morgan fingerprint density at radius 1 is 1.21 bits per heavy atom. The van der Waals surface area contributed by atoms with Crippen LogP contribution in [0.15, 0.2) is 30.3 Å². The zero-order valence-corrected chi connectivity index (χ0v) is 14.9. The first-order valence-corrected chi connectivity index (χ1v) is 9.73. The number of alkyl halides is 1. The average Bonchev–Trinajstić information content (AvgIpc) is 2.82. The third-order valence-electron chi connectivity index (χ3n) is 6.61. The quantitative estimate of drug-likeness (QED) is 0.742. The van der Waals surface area contributed by atoms with Crippen molar-refractivity contribution in [2.24, 2.45) is 29.6 Å². The second-order valence-corrected chi connectivity index (χ2v) is 8.77. The van der Waals surface area contributed by atoms with Gasteiger partial charge in [-0.25, -0.2) is 9.69 Å². The maximum absolute atomic E-state index is 12.9. The topological polar surface area (TPSA) is 46.6 Å². The summed E-state index contributed by atoms with van der Waals surface area (Å²) in [7, 11) is 0. The molecular weight excluding hydrogens is 370 g/mol. The molecule has 4 saturated carbocycles. The van der Waals surface area contributed by atoms with Crippen molar-refractivity contribution < 1.29 is 14.3 Å². The zero-order chi connectivity index (χ0) is 16.4. The van der Waals surface area contributed by atoms with Gasteiger partial charge < -0.3 is 4.74 Å². The standard InChI is InChI=1S/C19H20BrNO3/c20-18-13-7-14-16(17(14)18)12(13)8-15(22)21-11(9-24-19(21)23)6-10-4-2-1-3-5-10/h1-5,11-14,16-18H,6-9H2/t11-,12+,13-,14+,16+,17+,18-/m1/s1. The fourth-order valence-electron chi connectivity index (χ4n) is 5.61. The van der Waals surface area contributed by atoms with E-state index in [9.17, 15) is 9.59 Å². The van der Waals surface area contributed by atoms with Crippen molar-refractivity contribution in [3.8, 4) is 0 Å². The molecule has 126 valence electrons. The third kappa shape index (κ3) is 2.10. The smallest absolute Gasteiger partial charge is 0.416 e. The van der Waals surface area contributed by atoms with Crippen LogP contribution in [-0.4, -0.2) is 34.4 Å². The molecule has 7 atom stereocenters. The van der Waals surface area contributed by atoms with Crippen LogP contribution in [0.5, 0.6) is 0 Å². The van der Waals surface area contributed by atoms with E-state index in [2.05, 4.69) is 15.9 Å². The molecule has 6 rings (SSSR count). The summed E-state index contributed by atoms with van der Waals surface area (Å²) < 4.78 is 5.19. The first-order chi connectivity index (χ1) is 11.6. The number of nitrogens with zero attached hydrogens (tertiary/aromatic N) is 1. The summed E-state index contributed by atoms with van der Waals surface area (Å²) >= 11 is 3.82. The molecule has 5 aliphatic rings. The van der Waals surface area contributed by atoms with Crippen LogP contribution in [0.3, 0.4) is 0 Å². The lowest BCUT2D eigenvalue weighted by Gasteiger charge is -2.23. The van der Waals surface area contributed by atoms with Crippen LogP contribution >= 0.6 is 15.9 Å². The molecule has 5 heteroatoms. The molecule has 0 radical (unpaired) electrons. The maximum atomic E-state index is 12.9. The molecule has 1 aromatic rings. The monoisotopic (exact) mass is 389 g/mol. The first-order valence-electron chi connectivity index (χ1n) is 8.82. The predicted octanol–water partition coefficient (Wildman–Crippen LogP) is 3.24. The van der Waals surface area contributed by atoms with Crippen LogP contribution in [0.25, 0.3) is 0 Å². The number of cyclic esters (lactones) is 1. The molecule has 1 saturated heterocycles. The summed E-state index contributed by atoms with van der Waals surface area (Å²) in [5.41, 5.74) is 1.13. The lowest BCUT2D eigenvalue weighted by molar-refractivity contribution is -0.130. The summed E-state index contributed by atoms with van der Waals surface area (Å²) in [6.07, 6.45) is 1.97. The van der Waals surface area contributed by atoms with Gasteiger partial charge in [0.25, 0.3) is 0 Å². The minimum absolute atomic E-state index is 0.0404. The number of halogens is 1. The Labute approximate surface area is 149 Å². The molecular formula is C19H20BrNO3. The van der Waals surface area contributed by atoms with Gasteiger partial charge in [0.15, 0.2) is 0 Å². The number of hydrogen-bond acceptors (Lipinski definition) is 3. The summed E-state index contributed by atoms with van der Waals surface area (Å²) in [6, 6.07) is 9.82. The van der Waals surface area contributed by atoms with Crippen molar-refractivity contribution in [2.45, 2.75) is 30.1 Å². The van der Waals surface area contributed by atoms with Crippen LogP contribution in [0.2, 0.25) is 0 Å². The molecule has 5 fully saturated rings. The molecule has 0 aromatic heterocycles. The van der Waals surface area contributed by atoms with Crippen molar-refractivity contribution in [1.82, 2.24) is 4.90 Å². The molecule has 2 amide bonds. The van der Waals surface area contributed by atoms with Crippen molar-refractivity contribution in [3.63, 3.8) is 0 Å². The van der Waals surface area contributed by atoms with Crippen LogP contribution in [0.1, 0.15) is 18.4 Å². The first kappa shape index (κ1) is 14.9. The van der Waals surface area contributed by atoms with Gasteiger partial charge in [0.05, 0.1) is 6.04 Å². The predicted molar refractivity (Wildman–Crippen MR) is 91.5 cm³/mol. The Morgan fingerprint density at radius 2 is 2.00 bits per heavy atom. The number of rotatable bonds is 4. The highest BCUT2D eigenvalue weighted by atomic mass is 79.9. The largest absolute Gasteiger partial charge is 0.447 e. The number of imide groups is 1. The molecule has 0 unspecified atom stereocenters. The number of benzene rings is 1. The van der Waals surface area contributed by atoms with Gasteiger partial charge in [-0.05, 0) is 48.0 Å². The average molecular weight is 390 g/mol. The molecule has 4 aliphatic carbocycles. The van der Waals surface area contributed by atoms with Crippen LogP contribution in [0.4, 0.5) is 4.79 Å². The second-order valence-electron chi connectivity index (χ2n) is 7.71. The van der Waals surface area contributed by atoms with Crippen molar-refractivity contribution in [1.29, 1.82) is 0 Å². The molecule has 0 N–H and O–H groups in total. The van der Waals surface area contributed by atoms with E-state index in [1.165, 1.54) is 11.3 Å². The number of amides is 2. The van der Waals surface area contributed by atoms with Crippen molar-refractivity contribution >= 4 is 27.9 Å². The zero-order valence-electron chi connectivity index (χ0n) is 13.3. The van der Waals surface area contributed by atoms with E-state index in [1.807, 2.05) is 30.3 Å². The second kappa shape index (κ2) is 5.32. The van der Waals surface area contributed by atoms with Gasteiger partial charge in [-0.15, -0.1) is 0 Å². The Kier molecular flexibility index (Phi) is 3.31. The maximum Gasteiger partial charge on any atom is 0.416 e. The Balaban J connectivity index is 1.29. The Morgan fingerprint density at radius 3 is 2.62 bits per heavy atom. The number of carbonyl (C=O) groups excluding carboxylic acids is 2. The fourth-order valence-corrected chi connectivity index (χ4v) is 6.96. The molecule has 0 spiro atoms. The van der Waals surface area contributed by atoms with Gasteiger partial charge in [-0.2, -0.15) is 0 Å². The normalized spacial score (nSPS) is 41.6. The lowest BCUT2D eigenvalue weighted by Crippen LogP contribution is -2.41. The van der Waals surface area contributed by atoms with Gasteiger partial charge in [0, 0.05) is 11.2 Å². The minimum atomic E-state index is -0.464. The van der Waals surface area contributed by atoms with E-state index in [4.69, 9.17) is 4.74 Å². The molecule has 4 nitrogen and oxygen atoms in total. The van der Waals surface area contributed by atoms with Crippen LogP contribution in [0, 0.1) is 29.6 Å². The van der Waals surface area contributed by atoms with E-state index in [0.29, 0.717) is 36.1 Å². The number of hydrogen-bond donors (Lipinski definition) is 0. The highest BCUT2D eigenvalue weighted by molar-refractivity contribution is 9.09. The summed E-state index contributed by atoms with van der Waals surface area (Å²) in [5, 5.41) is 0. The van der Waals surface area contributed by atoms with Gasteiger partial charge in [0.1, 0.15) is 6.61 Å². The Hall–Kier alpha value is -1.36. The number of ether oxygens (including phenoxy) is 1. The highest BCUT2D eigenvalue weighted by Gasteiger charge is 2.72. The van der Waals surface area contributed by atoms with Gasteiger partial charge >= 0.3 is 6.09 Å². The molecule has 1 aliphatic heterocycles. The fraction of sp³-hybridized carbons (Fsp3) is 0.579. The van der Waals surface area contributed by atoms with E-state index < -0.39 is 6.09 Å². The van der Waals surface area contributed by atoms with Gasteiger partial charge in [-0.3, -0.25) is 4.79 Å². The SMILES string of the molecule is O=C(C[C@H]1[C@H]2C[C@H]3[C@H]1[C@H]3[C@@H]2Br)N1C(=O)OC[C@H]1Cc1ccccc1. The van der Waals surface area contributed by atoms with Gasteiger partial charge in [0.2, 0.25) is 5.91 Å². The van der Waals surface area contributed by atoms with E-state index >= 15 is 0 Å². The highest BCUT2D eigenvalue weighted by Crippen LogP contribution is 2.75. The number of carbonyl (C=O) groups is 2. The summed E-state index contributed by atoms with van der Waals surface area (Å²) in [6.45, 7) is 0.309.